The van der Waals surface area contributed by atoms with Gasteiger partial charge in [0.25, 0.3) is 0 Å². The van der Waals surface area contributed by atoms with Crippen molar-refractivity contribution >= 4 is 23.0 Å². The average molecular weight is 329 g/mol. The van der Waals surface area contributed by atoms with E-state index in [1.54, 1.807) is 14.2 Å². The Morgan fingerprint density at radius 3 is 2.43 bits per heavy atom. The van der Waals surface area contributed by atoms with Crippen molar-refractivity contribution in [3.05, 3.63) is 54.1 Å². The van der Waals surface area contributed by atoms with Crippen LogP contribution < -0.4 is 25.2 Å². The Kier molecular flexibility index (Phi) is 4.11. The van der Waals surface area contributed by atoms with E-state index in [-0.39, 0.29) is 0 Å². The number of thiocarbonyl (C=S) groups is 1. The van der Waals surface area contributed by atoms with Gasteiger partial charge in [0.15, 0.2) is 5.11 Å². The Bertz CT molecular complexity index is 723. The van der Waals surface area contributed by atoms with E-state index in [4.69, 9.17) is 21.7 Å². The van der Waals surface area contributed by atoms with Crippen molar-refractivity contribution in [3.8, 4) is 11.5 Å². The first-order chi connectivity index (χ1) is 11.1. The van der Waals surface area contributed by atoms with E-state index in [1.807, 2.05) is 60.5 Å². The lowest BCUT2D eigenvalue weighted by Gasteiger charge is -2.27. The second-order valence-electron chi connectivity index (χ2n) is 5.40. The van der Waals surface area contributed by atoms with Crippen molar-refractivity contribution in [3.63, 3.8) is 0 Å². The fourth-order valence-corrected chi connectivity index (χ4v) is 3.03. The van der Waals surface area contributed by atoms with Crippen LogP contribution in [0.2, 0.25) is 0 Å². The van der Waals surface area contributed by atoms with Gasteiger partial charge in [0.2, 0.25) is 0 Å². The molecular weight excluding hydrogens is 310 g/mol. The summed E-state index contributed by atoms with van der Waals surface area (Å²) >= 11 is 5.49. The zero-order valence-electron chi connectivity index (χ0n) is 13.3. The lowest BCUT2D eigenvalue weighted by molar-refractivity contribution is 0.345. The molecule has 6 heteroatoms. The largest absolute Gasteiger partial charge is 0.497 e. The Hall–Kier alpha value is -2.31. The number of hydrogen-bond acceptors (Lipinski definition) is 4. The molecule has 1 atom stereocenters. The maximum Gasteiger partial charge on any atom is 0.190 e. The van der Waals surface area contributed by atoms with E-state index in [0.29, 0.717) is 5.11 Å². The molecule has 1 heterocycles. The van der Waals surface area contributed by atoms with Crippen LogP contribution in [0.5, 0.6) is 11.5 Å². The molecule has 0 aromatic heterocycles. The minimum absolute atomic E-state index is 0.579. The molecule has 5 nitrogen and oxygen atoms in total. The average Bonchev–Trinajstić information content (AvgIpc) is 2.90. The van der Waals surface area contributed by atoms with Crippen LogP contribution in [0, 0.1) is 0 Å². The molecule has 120 valence electrons. The van der Waals surface area contributed by atoms with Crippen molar-refractivity contribution in [1.82, 2.24) is 10.7 Å². The van der Waals surface area contributed by atoms with Crippen LogP contribution in [0.3, 0.4) is 0 Å². The molecule has 2 aromatic carbocycles. The van der Waals surface area contributed by atoms with E-state index in [0.717, 1.165) is 22.7 Å². The van der Waals surface area contributed by atoms with Crippen molar-refractivity contribution in [2.24, 2.45) is 0 Å². The SMILES string of the molecule is COc1ccc([C@@]2(C)NC(=S)N(c3ccccc3)N2)c(OC)c1. The lowest BCUT2D eigenvalue weighted by atomic mass is 10.0. The summed E-state index contributed by atoms with van der Waals surface area (Å²) in [7, 11) is 3.28. The fourth-order valence-electron chi connectivity index (χ4n) is 2.67. The van der Waals surface area contributed by atoms with Gasteiger partial charge in [-0.1, -0.05) is 18.2 Å². The van der Waals surface area contributed by atoms with Gasteiger partial charge in [-0.05, 0) is 43.4 Å². The van der Waals surface area contributed by atoms with Gasteiger partial charge in [-0.2, -0.15) is 5.43 Å². The van der Waals surface area contributed by atoms with Gasteiger partial charge >= 0.3 is 0 Å². The summed E-state index contributed by atoms with van der Waals surface area (Å²) in [6.07, 6.45) is 0. The highest BCUT2D eigenvalue weighted by atomic mass is 32.1. The van der Waals surface area contributed by atoms with E-state index in [1.165, 1.54) is 0 Å². The molecule has 1 saturated heterocycles. The molecule has 1 aliphatic rings. The predicted octanol–water partition coefficient (Wildman–Crippen LogP) is 2.78. The second-order valence-corrected chi connectivity index (χ2v) is 5.79. The summed E-state index contributed by atoms with van der Waals surface area (Å²) in [5.74, 6) is 1.47. The highest BCUT2D eigenvalue weighted by Crippen LogP contribution is 2.34. The summed E-state index contributed by atoms with van der Waals surface area (Å²) in [6.45, 7) is 2.02. The van der Waals surface area contributed by atoms with Crippen molar-refractivity contribution < 1.29 is 9.47 Å². The van der Waals surface area contributed by atoms with Gasteiger partial charge in [0, 0.05) is 11.6 Å². The van der Waals surface area contributed by atoms with Crippen LogP contribution in [0.15, 0.2) is 48.5 Å². The monoisotopic (exact) mass is 329 g/mol. The molecular formula is C17H19N3O2S. The summed E-state index contributed by atoms with van der Waals surface area (Å²) < 4.78 is 10.8. The number of para-hydroxylation sites is 1. The number of methoxy groups -OCH3 is 2. The number of anilines is 1. The molecule has 0 spiro atoms. The summed E-state index contributed by atoms with van der Waals surface area (Å²) in [5, 5.41) is 5.80. The van der Waals surface area contributed by atoms with Gasteiger partial charge in [0.1, 0.15) is 17.2 Å². The highest BCUT2D eigenvalue weighted by Gasteiger charge is 2.40. The number of nitrogens with zero attached hydrogens (tertiary/aromatic N) is 1. The quantitative estimate of drug-likeness (QED) is 0.841. The van der Waals surface area contributed by atoms with E-state index >= 15 is 0 Å². The number of hydrogen-bond donors (Lipinski definition) is 2. The zero-order valence-corrected chi connectivity index (χ0v) is 14.1. The molecule has 0 unspecified atom stereocenters. The number of ether oxygens (including phenoxy) is 2. The first-order valence-electron chi connectivity index (χ1n) is 7.25. The minimum Gasteiger partial charge on any atom is -0.497 e. The first kappa shape index (κ1) is 15.6. The Morgan fingerprint density at radius 2 is 1.78 bits per heavy atom. The molecule has 0 amide bonds. The molecule has 0 saturated carbocycles. The predicted molar refractivity (Wildman–Crippen MR) is 94.7 cm³/mol. The minimum atomic E-state index is -0.579. The molecule has 0 aliphatic carbocycles. The zero-order chi connectivity index (χ0) is 16.4. The maximum absolute atomic E-state index is 5.52. The first-order valence-corrected chi connectivity index (χ1v) is 7.66. The van der Waals surface area contributed by atoms with E-state index < -0.39 is 5.66 Å². The standard InChI is InChI=1S/C17H19N3O2S/c1-17(14-10-9-13(21-2)11-15(14)22-3)18-16(23)20(19-17)12-7-5-4-6-8-12/h4-11,19H,1-3H3,(H,18,23)/t17-/m0/s1. The Labute approximate surface area is 141 Å². The molecule has 3 rings (SSSR count). The third-order valence-electron chi connectivity index (χ3n) is 3.86. The van der Waals surface area contributed by atoms with Crippen LogP contribution in [0.4, 0.5) is 5.69 Å². The van der Waals surface area contributed by atoms with Crippen LogP contribution >= 0.6 is 12.2 Å². The normalized spacial score (nSPS) is 20.3. The van der Waals surface area contributed by atoms with Crippen molar-refractivity contribution in [2.45, 2.75) is 12.6 Å². The molecule has 0 bridgehead atoms. The molecule has 0 radical (unpaired) electrons. The summed E-state index contributed by atoms with van der Waals surface area (Å²) in [4.78, 5) is 0. The number of benzene rings is 2. The molecule has 1 aliphatic heterocycles. The fraction of sp³-hybridized carbons (Fsp3) is 0.235. The van der Waals surface area contributed by atoms with Crippen molar-refractivity contribution in [2.75, 3.05) is 19.2 Å². The van der Waals surface area contributed by atoms with Gasteiger partial charge in [0.05, 0.1) is 19.9 Å². The number of hydrazine groups is 1. The van der Waals surface area contributed by atoms with Gasteiger partial charge in [-0.3, -0.25) is 0 Å². The molecule has 23 heavy (non-hydrogen) atoms. The smallest absolute Gasteiger partial charge is 0.190 e. The highest BCUT2D eigenvalue weighted by molar-refractivity contribution is 7.80. The Morgan fingerprint density at radius 1 is 1.04 bits per heavy atom. The Balaban J connectivity index is 1.96. The van der Waals surface area contributed by atoms with Gasteiger partial charge in [-0.25, -0.2) is 5.01 Å². The second kappa shape index (κ2) is 6.06. The van der Waals surface area contributed by atoms with Crippen LogP contribution in [-0.4, -0.2) is 19.3 Å². The third kappa shape index (κ3) is 2.83. The van der Waals surface area contributed by atoms with E-state index in [2.05, 4.69) is 10.7 Å². The number of rotatable bonds is 4. The molecule has 1 fully saturated rings. The maximum atomic E-state index is 5.52. The summed E-state index contributed by atoms with van der Waals surface area (Å²) in [6, 6.07) is 15.7. The number of nitrogens with one attached hydrogen (secondary N) is 2. The molecule has 2 N–H and O–H groups in total. The van der Waals surface area contributed by atoms with Crippen molar-refractivity contribution in [1.29, 1.82) is 0 Å². The third-order valence-corrected chi connectivity index (χ3v) is 4.14. The van der Waals surface area contributed by atoms with Crippen LogP contribution in [0.25, 0.3) is 0 Å². The van der Waals surface area contributed by atoms with Gasteiger partial charge < -0.3 is 14.8 Å². The van der Waals surface area contributed by atoms with Gasteiger partial charge in [-0.15, -0.1) is 0 Å². The lowest BCUT2D eigenvalue weighted by Crippen LogP contribution is -2.46. The molecule has 2 aromatic rings. The topological polar surface area (TPSA) is 45.8 Å². The van der Waals surface area contributed by atoms with Crippen LogP contribution in [0.1, 0.15) is 12.5 Å². The van der Waals surface area contributed by atoms with E-state index in [9.17, 15) is 0 Å². The van der Waals surface area contributed by atoms with Crippen LogP contribution in [-0.2, 0) is 5.66 Å². The summed E-state index contributed by atoms with van der Waals surface area (Å²) in [5.41, 5.74) is 4.76.